The van der Waals surface area contributed by atoms with E-state index in [-0.39, 0.29) is 6.10 Å². The van der Waals surface area contributed by atoms with Gasteiger partial charge < -0.3 is 4.74 Å². The summed E-state index contributed by atoms with van der Waals surface area (Å²) in [7, 11) is 1.60. The van der Waals surface area contributed by atoms with Crippen molar-refractivity contribution in [3.05, 3.63) is 12.2 Å². The number of methoxy groups -OCH3 is 1. The molecule has 0 saturated carbocycles. The summed E-state index contributed by atoms with van der Waals surface area (Å²) in [5, 5.41) is 8.02. The average molecular weight is 111 g/mol. The van der Waals surface area contributed by atoms with E-state index in [0.717, 1.165) is 0 Å². The molecule has 0 bridgehead atoms. The van der Waals surface area contributed by atoms with Crippen LogP contribution >= 0.6 is 0 Å². The van der Waals surface area contributed by atoms with Gasteiger partial charge in [-0.05, 0) is 13.0 Å². The molecule has 2 heteroatoms. The van der Waals surface area contributed by atoms with E-state index in [1.54, 1.807) is 13.2 Å². The first-order valence-electron chi connectivity index (χ1n) is 2.40. The van der Waals surface area contributed by atoms with Gasteiger partial charge in [-0.2, -0.15) is 5.26 Å². The molecule has 0 aliphatic carbocycles. The van der Waals surface area contributed by atoms with Crippen molar-refractivity contribution in [3.63, 3.8) is 0 Å². The predicted octanol–water partition coefficient (Wildman–Crippen LogP) is 1.10. The molecule has 0 fully saturated rings. The number of nitriles is 1. The summed E-state index contributed by atoms with van der Waals surface area (Å²) in [5.41, 5.74) is 0. The van der Waals surface area contributed by atoms with Crippen LogP contribution in [0.4, 0.5) is 0 Å². The second-order valence-corrected chi connectivity index (χ2v) is 1.43. The van der Waals surface area contributed by atoms with Crippen molar-refractivity contribution in [2.45, 2.75) is 13.0 Å². The van der Waals surface area contributed by atoms with Crippen LogP contribution in [0.1, 0.15) is 6.92 Å². The summed E-state index contributed by atoms with van der Waals surface area (Å²) in [6.07, 6.45) is 3.16. The lowest BCUT2D eigenvalue weighted by Crippen LogP contribution is -1.97. The van der Waals surface area contributed by atoms with Crippen LogP contribution in [0.2, 0.25) is 0 Å². The zero-order chi connectivity index (χ0) is 6.41. The second-order valence-electron chi connectivity index (χ2n) is 1.43. The second kappa shape index (κ2) is 4.35. The number of allylic oxidation sites excluding steroid dienone is 1. The summed E-state index contributed by atoms with van der Waals surface area (Å²) >= 11 is 0. The molecular formula is C6H9NO. The number of nitrogens with zero attached hydrogens (tertiary/aromatic N) is 1. The molecule has 0 heterocycles. The molecule has 0 spiro atoms. The largest absolute Gasteiger partial charge is 0.378 e. The normalized spacial score (nSPS) is 13.6. The van der Waals surface area contributed by atoms with Gasteiger partial charge in [0.1, 0.15) is 0 Å². The highest BCUT2D eigenvalue weighted by Crippen LogP contribution is 1.87. The Hall–Kier alpha value is -0.810. The molecule has 0 radical (unpaired) electrons. The summed E-state index contributed by atoms with van der Waals surface area (Å²) < 4.78 is 4.81. The minimum absolute atomic E-state index is 0.0506. The third kappa shape index (κ3) is 3.38. The molecule has 0 aromatic carbocycles. The molecule has 2 nitrogen and oxygen atoms in total. The SMILES string of the molecule is CO[C@@H](C)/C=C/C#N. The Kier molecular flexibility index (Phi) is 3.91. The standard InChI is InChI=1S/C6H9NO/c1-6(8-2)4-3-5-7/h3-4,6H,1-2H3/b4-3+/t6-/m0/s1. The number of ether oxygens (including phenoxy) is 1. The fourth-order valence-electron chi connectivity index (χ4n) is 0.257. The Morgan fingerprint density at radius 1 is 1.75 bits per heavy atom. The van der Waals surface area contributed by atoms with Crippen LogP contribution in [-0.4, -0.2) is 13.2 Å². The van der Waals surface area contributed by atoms with Crippen molar-refractivity contribution in [2.75, 3.05) is 7.11 Å². The van der Waals surface area contributed by atoms with Gasteiger partial charge in [0.2, 0.25) is 0 Å². The zero-order valence-corrected chi connectivity index (χ0v) is 5.09. The lowest BCUT2D eigenvalue weighted by Gasteiger charge is -1.98. The fraction of sp³-hybridized carbons (Fsp3) is 0.500. The van der Waals surface area contributed by atoms with Crippen LogP contribution in [-0.2, 0) is 4.74 Å². The number of hydrogen-bond acceptors (Lipinski definition) is 2. The van der Waals surface area contributed by atoms with Gasteiger partial charge >= 0.3 is 0 Å². The first-order valence-corrected chi connectivity index (χ1v) is 2.40. The summed E-state index contributed by atoms with van der Waals surface area (Å²) in [6, 6.07) is 1.87. The first-order chi connectivity index (χ1) is 3.81. The molecule has 44 valence electrons. The molecule has 0 aromatic rings. The van der Waals surface area contributed by atoms with E-state index in [2.05, 4.69) is 0 Å². The predicted molar refractivity (Wildman–Crippen MR) is 31.2 cm³/mol. The maximum atomic E-state index is 8.02. The van der Waals surface area contributed by atoms with Gasteiger partial charge in [-0.25, -0.2) is 0 Å². The van der Waals surface area contributed by atoms with Gasteiger partial charge in [0.15, 0.2) is 0 Å². The summed E-state index contributed by atoms with van der Waals surface area (Å²) in [4.78, 5) is 0. The van der Waals surface area contributed by atoms with Crippen LogP contribution in [0.15, 0.2) is 12.2 Å². The third-order valence-corrected chi connectivity index (χ3v) is 0.814. The zero-order valence-electron chi connectivity index (χ0n) is 5.09. The quantitative estimate of drug-likeness (QED) is 0.500. The van der Waals surface area contributed by atoms with Crippen LogP contribution in [0.5, 0.6) is 0 Å². The van der Waals surface area contributed by atoms with Crippen molar-refractivity contribution in [2.24, 2.45) is 0 Å². The van der Waals surface area contributed by atoms with Crippen molar-refractivity contribution >= 4 is 0 Å². The van der Waals surface area contributed by atoms with E-state index in [1.807, 2.05) is 13.0 Å². The van der Waals surface area contributed by atoms with Gasteiger partial charge in [0, 0.05) is 13.2 Å². The monoisotopic (exact) mass is 111 g/mol. The van der Waals surface area contributed by atoms with E-state index in [1.165, 1.54) is 6.08 Å². The summed E-state index contributed by atoms with van der Waals surface area (Å²) in [6.45, 7) is 1.87. The minimum Gasteiger partial charge on any atom is -0.378 e. The molecule has 0 saturated heterocycles. The van der Waals surface area contributed by atoms with Crippen LogP contribution in [0.3, 0.4) is 0 Å². The van der Waals surface area contributed by atoms with E-state index >= 15 is 0 Å². The molecule has 0 unspecified atom stereocenters. The molecule has 0 aromatic heterocycles. The molecule has 0 amide bonds. The lowest BCUT2D eigenvalue weighted by molar-refractivity contribution is 0.156. The highest BCUT2D eigenvalue weighted by atomic mass is 16.5. The molecular weight excluding hydrogens is 102 g/mol. The highest BCUT2D eigenvalue weighted by Gasteiger charge is 1.86. The topological polar surface area (TPSA) is 33.0 Å². The molecule has 0 N–H and O–H groups in total. The van der Waals surface area contributed by atoms with Crippen molar-refractivity contribution < 1.29 is 4.74 Å². The van der Waals surface area contributed by atoms with Crippen LogP contribution < -0.4 is 0 Å². The first kappa shape index (κ1) is 7.19. The number of rotatable bonds is 2. The third-order valence-electron chi connectivity index (χ3n) is 0.814. The molecule has 1 atom stereocenters. The van der Waals surface area contributed by atoms with Crippen molar-refractivity contribution in [3.8, 4) is 6.07 Å². The van der Waals surface area contributed by atoms with E-state index in [9.17, 15) is 0 Å². The van der Waals surface area contributed by atoms with Gasteiger partial charge in [-0.1, -0.05) is 0 Å². The van der Waals surface area contributed by atoms with E-state index < -0.39 is 0 Å². The average Bonchev–Trinajstić information content (AvgIpc) is 1.83. The van der Waals surface area contributed by atoms with Crippen LogP contribution in [0, 0.1) is 11.3 Å². The lowest BCUT2D eigenvalue weighted by atomic mass is 10.4. The fourth-order valence-corrected chi connectivity index (χ4v) is 0.257. The Labute approximate surface area is 49.4 Å². The van der Waals surface area contributed by atoms with Crippen LogP contribution in [0.25, 0.3) is 0 Å². The van der Waals surface area contributed by atoms with Gasteiger partial charge in [-0.15, -0.1) is 0 Å². The van der Waals surface area contributed by atoms with Gasteiger partial charge in [-0.3, -0.25) is 0 Å². The molecule has 0 rings (SSSR count). The maximum absolute atomic E-state index is 8.02. The van der Waals surface area contributed by atoms with Gasteiger partial charge in [0.25, 0.3) is 0 Å². The Morgan fingerprint density at radius 3 is 2.75 bits per heavy atom. The molecule has 0 aliphatic rings. The Morgan fingerprint density at radius 2 is 2.38 bits per heavy atom. The maximum Gasteiger partial charge on any atom is 0.0909 e. The Bertz CT molecular complexity index is 112. The van der Waals surface area contributed by atoms with Gasteiger partial charge in [0.05, 0.1) is 12.2 Å². The molecule has 8 heavy (non-hydrogen) atoms. The van der Waals surface area contributed by atoms with E-state index in [0.29, 0.717) is 0 Å². The van der Waals surface area contributed by atoms with Crippen molar-refractivity contribution in [1.82, 2.24) is 0 Å². The number of hydrogen-bond donors (Lipinski definition) is 0. The minimum atomic E-state index is 0.0506. The van der Waals surface area contributed by atoms with E-state index in [4.69, 9.17) is 10.00 Å². The summed E-state index contributed by atoms with van der Waals surface area (Å²) in [5.74, 6) is 0. The highest BCUT2D eigenvalue weighted by molar-refractivity contribution is 5.03. The smallest absolute Gasteiger partial charge is 0.0909 e. The Balaban J connectivity index is 3.40. The molecule has 0 aliphatic heterocycles. The van der Waals surface area contributed by atoms with Crippen molar-refractivity contribution in [1.29, 1.82) is 5.26 Å².